The summed E-state index contributed by atoms with van der Waals surface area (Å²) >= 11 is 3.33. The smallest absolute Gasteiger partial charge is 0.232 e. The molecule has 96 valence electrons. The van der Waals surface area contributed by atoms with Crippen molar-refractivity contribution in [2.45, 2.75) is 13.8 Å². The molecule has 1 rings (SSSR count). The maximum absolute atomic E-state index is 5.71. The van der Waals surface area contributed by atoms with Gasteiger partial charge in [-0.3, -0.25) is 0 Å². The van der Waals surface area contributed by atoms with Gasteiger partial charge in [0.1, 0.15) is 0 Å². The van der Waals surface area contributed by atoms with Crippen LogP contribution in [0.1, 0.15) is 13.8 Å². The van der Waals surface area contributed by atoms with E-state index < -0.39 is 0 Å². The average Bonchev–Trinajstić information content (AvgIpc) is 2.29. The van der Waals surface area contributed by atoms with Gasteiger partial charge in [-0.05, 0) is 27.9 Å². The molecule has 5 nitrogen and oxygen atoms in total. The first-order chi connectivity index (χ1) is 7.89. The van der Waals surface area contributed by atoms with E-state index in [1.54, 1.807) is 13.3 Å². The Morgan fingerprint density at radius 2 is 2.18 bits per heavy atom. The van der Waals surface area contributed by atoms with Crippen molar-refractivity contribution in [1.29, 1.82) is 0 Å². The summed E-state index contributed by atoms with van der Waals surface area (Å²) in [5.74, 6) is 1.17. The summed E-state index contributed by atoms with van der Waals surface area (Å²) in [5.41, 5.74) is 5.74. The van der Waals surface area contributed by atoms with E-state index in [1.165, 1.54) is 0 Å². The van der Waals surface area contributed by atoms with E-state index >= 15 is 0 Å². The number of halogens is 1. The average molecular weight is 303 g/mol. The third kappa shape index (κ3) is 3.81. The maximum atomic E-state index is 5.71. The number of nitrogens with two attached hydrogens (primary N) is 1. The fourth-order valence-corrected chi connectivity index (χ4v) is 1.80. The van der Waals surface area contributed by atoms with Gasteiger partial charge in [0.05, 0.1) is 17.8 Å². The summed E-state index contributed by atoms with van der Waals surface area (Å²) in [4.78, 5) is 10.5. The van der Waals surface area contributed by atoms with Crippen LogP contribution in [0.5, 0.6) is 5.88 Å². The molecule has 0 aliphatic rings. The number of hydrogen-bond donors (Lipinski definition) is 1. The van der Waals surface area contributed by atoms with Crippen molar-refractivity contribution in [3.63, 3.8) is 0 Å². The Morgan fingerprint density at radius 1 is 1.53 bits per heavy atom. The van der Waals surface area contributed by atoms with Crippen molar-refractivity contribution in [1.82, 2.24) is 9.97 Å². The van der Waals surface area contributed by atoms with Crippen LogP contribution >= 0.6 is 15.9 Å². The SMILES string of the molecule is COc1nc(N(C)CC(C)(C)CN)ncc1Br. The minimum Gasteiger partial charge on any atom is -0.480 e. The van der Waals surface area contributed by atoms with Crippen LogP contribution in [0.4, 0.5) is 5.95 Å². The quantitative estimate of drug-likeness (QED) is 0.896. The molecule has 0 spiro atoms. The first kappa shape index (κ1) is 14.2. The van der Waals surface area contributed by atoms with Crippen LogP contribution in [0.3, 0.4) is 0 Å². The molecule has 17 heavy (non-hydrogen) atoms. The summed E-state index contributed by atoms with van der Waals surface area (Å²) in [5, 5.41) is 0. The lowest BCUT2D eigenvalue weighted by atomic mass is 9.93. The van der Waals surface area contributed by atoms with Crippen LogP contribution < -0.4 is 15.4 Å². The number of anilines is 1. The molecule has 0 fully saturated rings. The third-order valence-electron chi connectivity index (χ3n) is 2.45. The van der Waals surface area contributed by atoms with Gasteiger partial charge in [0.15, 0.2) is 0 Å². The molecule has 1 heterocycles. The van der Waals surface area contributed by atoms with Gasteiger partial charge in [0, 0.05) is 13.6 Å². The fraction of sp³-hybridized carbons (Fsp3) is 0.636. The van der Waals surface area contributed by atoms with Crippen molar-refractivity contribution in [3.05, 3.63) is 10.7 Å². The number of nitrogens with zero attached hydrogens (tertiary/aromatic N) is 3. The predicted molar refractivity (Wildman–Crippen MR) is 72.4 cm³/mol. The summed E-state index contributed by atoms with van der Waals surface area (Å²) in [6, 6.07) is 0. The normalized spacial score (nSPS) is 11.4. The van der Waals surface area contributed by atoms with E-state index in [0.717, 1.165) is 11.0 Å². The molecule has 0 atom stereocenters. The van der Waals surface area contributed by atoms with Crippen molar-refractivity contribution in [3.8, 4) is 5.88 Å². The Balaban J connectivity index is 2.86. The van der Waals surface area contributed by atoms with Gasteiger partial charge in [-0.25, -0.2) is 4.98 Å². The van der Waals surface area contributed by atoms with Crippen LogP contribution in [0.15, 0.2) is 10.7 Å². The van der Waals surface area contributed by atoms with Gasteiger partial charge < -0.3 is 15.4 Å². The van der Waals surface area contributed by atoms with Gasteiger partial charge >= 0.3 is 0 Å². The van der Waals surface area contributed by atoms with E-state index in [2.05, 4.69) is 39.7 Å². The lowest BCUT2D eigenvalue weighted by Crippen LogP contribution is -2.37. The number of ether oxygens (including phenoxy) is 1. The molecule has 0 saturated heterocycles. The Bertz CT molecular complexity index is 384. The second kappa shape index (κ2) is 5.64. The number of methoxy groups -OCH3 is 1. The Labute approximate surface area is 111 Å². The molecule has 0 aliphatic carbocycles. The van der Waals surface area contributed by atoms with Crippen molar-refractivity contribution in [2.24, 2.45) is 11.1 Å². The molecule has 0 aliphatic heterocycles. The van der Waals surface area contributed by atoms with Gasteiger partial charge in [0.25, 0.3) is 0 Å². The van der Waals surface area contributed by atoms with Gasteiger partial charge in [-0.1, -0.05) is 13.8 Å². The Morgan fingerprint density at radius 3 is 2.71 bits per heavy atom. The lowest BCUT2D eigenvalue weighted by molar-refractivity contribution is 0.377. The van der Waals surface area contributed by atoms with E-state index in [0.29, 0.717) is 18.4 Å². The maximum Gasteiger partial charge on any atom is 0.232 e. The minimum atomic E-state index is 0.0262. The largest absolute Gasteiger partial charge is 0.480 e. The molecule has 0 saturated carbocycles. The number of rotatable bonds is 5. The summed E-state index contributed by atoms with van der Waals surface area (Å²) < 4.78 is 5.89. The molecule has 1 aromatic heterocycles. The highest BCUT2D eigenvalue weighted by Gasteiger charge is 2.20. The van der Waals surface area contributed by atoms with Crippen molar-refractivity contribution >= 4 is 21.9 Å². The van der Waals surface area contributed by atoms with Crippen molar-refractivity contribution in [2.75, 3.05) is 32.1 Å². The molecular formula is C11H19BrN4O. The van der Waals surface area contributed by atoms with Crippen LogP contribution in [-0.2, 0) is 0 Å². The highest BCUT2D eigenvalue weighted by Crippen LogP contribution is 2.24. The molecule has 6 heteroatoms. The zero-order valence-electron chi connectivity index (χ0n) is 10.7. The molecule has 0 radical (unpaired) electrons. The second-order valence-corrected chi connectivity index (χ2v) is 5.61. The van der Waals surface area contributed by atoms with E-state index in [9.17, 15) is 0 Å². The Kier molecular flexibility index (Phi) is 4.70. The molecule has 0 bridgehead atoms. The topological polar surface area (TPSA) is 64.3 Å². The van der Waals surface area contributed by atoms with E-state index in [1.807, 2.05) is 11.9 Å². The fourth-order valence-electron chi connectivity index (χ4n) is 1.45. The zero-order valence-corrected chi connectivity index (χ0v) is 12.3. The molecule has 0 aromatic carbocycles. The molecule has 1 aromatic rings. The van der Waals surface area contributed by atoms with Crippen LogP contribution in [0.25, 0.3) is 0 Å². The standard InChI is InChI=1S/C11H19BrN4O/c1-11(2,6-13)7-16(3)10-14-5-8(12)9(15-10)17-4/h5H,6-7,13H2,1-4H3. The summed E-state index contributed by atoms with van der Waals surface area (Å²) in [6.07, 6.45) is 1.69. The zero-order chi connectivity index (χ0) is 13.1. The molecule has 2 N–H and O–H groups in total. The number of aromatic nitrogens is 2. The lowest BCUT2D eigenvalue weighted by Gasteiger charge is -2.29. The second-order valence-electron chi connectivity index (χ2n) is 4.75. The highest BCUT2D eigenvalue weighted by atomic mass is 79.9. The molecule has 0 unspecified atom stereocenters. The highest BCUT2D eigenvalue weighted by molar-refractivity contribution is 9.10. The minimum absolute atomic E-state index is 0.0262. The molecule has 0 amide bonds. The van der Waals surface area contributed by atoms with Crippen LogP contribution in [-0.4, -0.2) is 37.2 Å². The third-order valence-corrected chi connectivity index (χ3v) is 3.00. The monoisotopic (exact) mass is 302 g/mol. The van der Waals surface area contributed by atoms with E-state index in [-0.39, 0.29) is 5.41 Å². The first-order valence-corrected chi connectivity index (χ1v) is 6.16. The van der Waals surface area contributed by atoms with Gasteiger partial charge in [-0.2, -0.15) is 4.98 Å². The molecular weight excluding hydrogens is 284 g/mol. The number of hydrogen-bond acceptors (Lipinski definition) is 5. The summed E-state index contributed by atoms with van der Waals surface area (Å²) in [7, 11) is 3.53. The van der Waals surface area contributed by atoms with Gasteiger partial charge in [0.2, 0.25) is 11.8 Å². The summed E-state index contributed by atoms with van der Waals surface area (Å²) in [6.45, 7) is 5.62. The predicted octanol–water partition coefficient (Wildman–Crippen LogP) is 1.67. The van der Waals surface area contributed by atoms with Crippen LogP contribution in [0, 0.1) is 5.41 Å². The van der Waals surface area contributed by atoms with Crippen LogP contribution in [0.2, 0.25) is 0 Å². The first-order valence-electron chi connectivity index (χ1n) is 5.37. The van der Waals surface area contributed by atoms with Crippen molar-refractivity contribution < 1.29 is 4.74 Å². The van der Waals surface area contributed by atoms with Gasteiger partial charge in [-0.15, -0.1) is 0 Å². The van der Waals surface area contributed by atoms with E-state index in [4.69, 9.17) is 10.5 Å². The Hall–Kier alpha value is -0.880.